The van der Waals surface area contributed by atoms with Gasteiger partial charge in [-0.15, -0.1) is 6.42 Å². The molecule has 4 rings (SSSR count). The molecule has 0 aliphatic carbocycles. The zero-order valence-corrected chi connectivity index (χ0v) is 18.9. The van der Waals surface area contributed by atoms with Gasteiger partial charge in [0.15, 0.2) is 0 Å². The van der Waals surface area contributed by atoms with Crippen LogP contribution in [0.3, 0.4) is 0 Å². The molecule has 2 aromatic carbocycles. The van der Waals surface area contributed by atoms with Crippen molar-refractivity contribution in [3.05, 3.63) is 87.8 Å². The maximum Gasteiger partial charge on any atom is 0.258 e. The lowest BCUT2D eigenvalue weighted by Crippen LogP contribution is -2.24. The quantitative estimate of drug-likeness (QED) is 0.545. The number of carbonyl (C=O) groups excluding carboxylic acids is 2. The van der Waals surface area contributed by atoms with E-state index in [1.807, 2.05) is 11.9 Å². The van der Waals surface area contributed by atoms with E-state index < -0.39 is 17.6 Å². The topological polar surface area (TPSA) is 86.7 Å². The van der Waals surface area contributed by atoms with Crippen molar-refractivity contribution in [2.75, 3.05) is 30.8 Å². The molecule has 2 heterocycles. The summed E-state index contributed by atoms with van der Waals surface area (Å²) in [5, 5.41) is 5.50. The summed E-state index contributed by atoms with van der Waals surface area (Å²) in [4.78, 5) is 36.0. The minimum atomic E-state index is -0.710. The lowest BCUT2D eigenvalue weighted by atomic mass is 10.1. The summed E-state index contributed by atoms with van der Waals surface area (Å²) in [5.74, 6) is 1.41. The molecule has 3 aromatic rings. The molecule has 1 aliphatic heterocycles. The Morgan fingerprint density at radius 1 is 1.09 bits per heavy atom. The van der Waals surface area contributed by atoms with Crippen LogP contribution < -0.4 is 10.6 Å². The Bertz CT molecular complexity index is 1350. The number of likely N-dealkylation sites (N-methyl/N-ethyl adjacent to an activating group) is 1. The van der Waals surface area contributed by atoms with Crippen LogP contribution in [0.5, 0.6) is 0 Å². The summed E-state index contributed by atoms with van der Waals surface area (Å²) in [7, 11) is 1.87. The number of rotatable bonds is 5. The first-order chi connectivity index (χ1) is 16.4. The fourth-order valence-corrected chi connectivity index (χ4v) is 3.59. The average molecular weight is 476 g/mol. The van der Waals surface area contributed by atoms with Crippen molar-refractivity contribution >= 4 is 40.8 Å². The van der Waals surface area contributed by atoms with E-state index in [9.17, 15) is 14.0 Å². The van der Waals surface area contributed by atoms with Crippen molar-refractivity contribution in [1.82, 2.24) is 9.88 Å². The number of carbonyl (C=O) groups is 2. The molecule has 1 aliphatic rings. The number of aliphatic imine (C=N–C) groups is 1. The van der Waals surface area contributed by atoms with Crippen molar-refractivity contribution in [2.24, 2.45) is 4.99 Å². The summed E-state index contributed by atoms with van der Waals surface area (Å²) in [6, 6.07) is 11.9. The number of halogens is 2. The second-order valence-corrected chi connectivity index (χ2v) is 7.93. The number of benzene rings is 2. The highest BCUT2D eigenvalue weighted by atomic mass is 35.5. The zero-order valence-electron chi connectivity index (χ0n) is 18.1. The van der Waals surface area contributed by atoms with E-state index in [-0.39, 0.29) is 27.7 Å². The molecule has 0 bridgehead atoms. The zero-order chi connectivity index (χ0) is 24.2. The van der Waals surface area contributed by atoms with Gasteiger partial charge in [0.2, 0.25) is 0 Å². The van der Waals surface area contributed by atoms with Crippen LogP contribution in [0.2, 0.25) is 5.02 Å². The highest BCUT2D eigenvalue weighted by molar-refractivity contribution is 6.31. The van der Waals surface area contributed by atoms with E-state index in [1.54, 1.807) is 18.2 Å². The highest BCUT2D eigenvalue weighted by Crippen LogP contribution is 2.24. The molecule has 0 fully saturated rings. The lowest BCUT2D eigenvalue weighted by molar-refractivity contribution is 0.102. The van der Waals surface area contributed by atoms with Gasteiger partial charge in [-0.1, -0.05) is 23.6 Å². The molecule has 2 N–H and O–H groups in total. The molecular weight excluding hydrogens is 457 g/mol. The number of terminal acetylenes is 1. The maximum atomic E-state index is 14.8. The maximum absolute atomic E-state index is 14.8. The molecule has 0 spiro atoms. The van der Waals surface area contributed by atoms with Crippen LogP contribution in [-0.4, -0.2) is 47.7 Å². The van der Waals surface area contributed by atoms with Gasteiger partial charge in [-0.25, -0.2) is 9.37 Å². The van der Waals surface area contributed by atoms with Crippen LogP contribution >= 0.6 is 11.6 Å². The van der Waals surface area contributed by atoms with Crippen LogP contribution in [0.4, 0.5) is 15.9 Å². The van der Waals surface area contributed by atoms with Crippen LogP contribution in [-0.2, 0) is 0 Å². The molecule has 7 nitrogen and oxygen atoms in total. The molecule has 1 aromatic heterocycles. The minimum Gasteiger partial charge on any atom is -0.358 e. The summed E-state index contributed by atoms with van der Waals surface area (Å²) >= 11 is 6.07. The molecule has 0 unspecified atom stereocenters. The second kappa shape index (κ2) is 9.73. The minimum absolute atomic E-state index is 0.0858. The largest absolute Gasteiger partial charge is 0.358 e. The predicted octanol–water partition coefficient (Wildman–Crippen LogP) is 4.05. The smallest absolute Gasteiger partial charge is 0.258 e. The third kappa shape index (κ3) is 4.90. The molecule has 0 saturated heterocycles. The third-order valence-corrected chi connectivity index (χ3v) is 5.41. The molecule has 0 saturated carbocycles. The number of hydrogen-bond acceptors (Lipinski definition) is 5. The number of hydrogen-bond donors (Lipinski definition) is 2. The molecule has 9 heteroatoms. The van der Waals surface area contributed by atoms with Gasteiger partial charge in [0.1, 0.15) is 17.5 Å². The second-order valence-electron chi connectivity index (χ2n) is 7.50. The van der Waals surface area contributed by atoms with E-state index in [0.29, 0.717) is 23.5 Å². The Morgan fingerprint density at radius 3 is 2.53 bits per heavy atom. The molecule has 2 amide bonds. The normalized spacial score (nSPS) is 12.6. The third-order valence-electron chi connectivity index (χ3n) is 5.18. The Labute approximate surface area is 200 Å². The summed E-state index contributed by atoms with van der Waals surface area (Å²) in [6.07, 6.45) is 6.75. The number of nitrogens with zero attached hydrogens (tertiary/aromatic N) is 3. The van der Waals surface area contributed by atoms with E-state index in [1.165, 1.54) is 36.5 Å². The van der Waals surface area contributed by atoms with Crippen LogP contribution in [0.1, 0.15) is 31.8 Å². The van der Waals surface area contributed by atoms with Crippen molar-refractivity contribution in [3.8, 4) is 12.3 Å². The van der Waals surface area contributed by atoms with Gasteiger partial charge < -0.3 is 15.5 Å². The SMILES string of the molecule is C#Cc1ccc(NC(=O)c2cc(Cl)ccc2NC(=O)c2ccc(C3=NCCN3C)cc2F)nc1. The van der Waals surface area contributed by atoms with Crippen LogP contribution in [0, 0.1) is 18.2 Å². The number of aromatic nitrogens is 1. The fourth-order valence-electron chi connectivity index (χ4n) is 3.42. The van der Waals surface area contributed by atoms with Gasteiger partial charge in [0, 0.05) is 35.9 Å². The molecule has 0 atom stereocenters. The van der Waals surface area contributed by atoms with Crippen LogP contribution in [0.15, 0.2) is 59.7 Å². The Kier molecular flexibility index (Phi) is 6.57. The van der Waals surface area contributed by atoms with Gasteiger partial charge in [0.25, 0.3) is 11.8 Å². The number of pyridine rings is 1. The highest BCUT2D eigenvalue weighted by Gasteiger charge is 2.20. The first-order valence-electron chi connectivity index (χ1n) is 10.3. The van der Waals surface area contributed by atoms with E-state index >= 15 is 0 Å². The standard InChI is InChI=1S/C25H19ClFN5O2/c1-3-15-4-9-22(29-14-15)31-25(34)19-13-17(26)6-8-21(19)30-24(33)18-7-5-16(12-20(18)27)23-28-10-11-32(23)2/h1,4-9,12-14H,10-11H2,2H3,(H,30,33)(H,29,31,34). The summed E-state index contributed by atoms with van der Waals surface area (Å²) in [6.45, 7) is 1.39. The average Bonchev–Trinajstić information content (AvgIpc) is 3.26. The van der Waals surface area contributed by atoms with Crippen molar-refractivity contribution < 1.29 is 14.0 Å². The van der Waals surface area contributed by atoms with Gasteiger partial charge in [-0.3, -0.25) is 14.6 Å². The van der Waals surface area contributed by atoms with Crippen molar-refractivity contribution in [3.63, 3.8) is 0 Å². The number of anilines is 2. The molecule has 170 valence electrons. The number of amidine groups is 1. The summed E-state index contributed by atoms with van der Waals surface area (Å²) < 4.78 is 14.8. The van der Waals surface area contributed by atoms with Gasteiger partial charge in [-0.05, 0) is 42.5 Å². The van der Waals surface area contributed by atoms with Crippen molar-refractivity contribution in [2.45, 2.75) is 0 Å². The lowest BCUT2D eigenvalue weighted by Gasteiger charge is -2.15. The van der Waals surface area contributed by atoms with Gasteiger partial charge in [0.05, 0.1) is 23.4 Å². The Hall–Kier alpha value is -4.22. The predicted molar refractivity (Wildman–Crippen MR) is 130 cm³/mol. The molecule has 34 heavy (non-hydrogen) atoms. The summed E-state index contributed by atoms with van der Waals surface area (Å²) in [5.41, 5.74) is 1.23. The number of nitrogens with one attached hydrogen (secondary N) is 2. The van der Waals surface area contributed by atoms with Gasteiger partial charge in [-0.2, -0.15) is 0 Å². The monoisotopic (exact) mass is 475 g/mol. The number of amides is 2. The van der Waals surface area contributed by atoms with Crippen molar-refractivity contribution in [1.29, 1.82) is 0 Å². The van der Waals surface area contributed by atoms with Gasteiger partial charge >= 0.3 is 0 Å². The van der Waals surface area contributed by atoms with Crippen LogP contribution in [0.25, 0.3) is 0 Å². The molecular formula is C25H19ClFN5O2. The van der Waals surface area contributed by atoms with E-state index in [0.717, 1.165) is 6.54 Å². The van der Waals surface area contributed by atoms with E-state index in [2.05, 4.69) is 26.5 Å². The molecule has 0 radical (unpaired) electrons. The first kappa shape index (κ1) is 23.0. The Balaban J connectivity index is 1.55. The van der Waals surface area contributed by atoms with E-state index in [4.69, 9.17) is 18.0 Å². The first-order valence-corrected chi connectivity index (χ1v) is 10.6. The Morgan fingerprint density at radius 2 is 1.88 bits per heavy atom. The fraction of sp³-hybridized carbons (Fsp3) is 0.120.